The quantitative estimate of drug-likeness (QED) is 0.765. The molecule has 0 radical (unpaired) electrons. The Balaban J connectivity index is 1.84. The van der Waals surface area contributed by atoms with Crippen molar-refractivity contribution < 1.29 is 9.53 Å². The Morgan fingerprint density at radius 3 is 2.41 bits per heavy atom. The van der Waals surface area contributed by atoms with E-state index in [0.29, 0.717) is 31.2 Å². The molecular formula is C16H20N4O2. The zero-order valence-electron chi connectivity index (χ0n) is 12.8. The van der Waals surface area contributed by atoms with Crippen LogP contribution in [0.5, 0.6) is 0 Å². The van der Waals surface area contributed by atoms with Crippen molar-refractivity contribution >= 4 is 17.5 Å². The van der Waals surface area contributed by atoms with Crippen LogP contribution >= 0.6 is 0 Å². The molecule has 0 atom stereocenters. The molecule has 0 saturated carbocycles. The molecule has 1 amide bonds. The van der Waals surface area contributed by atoms with Crippen LogP contribution in [-0.4, -0.2) is 36.4 Å². The van der Waals surface area contributed by atoms with Crippen LogP contribution in [0.3, 0.4) is 0 Å². The van der Waals surface area contributed by atoms with E-state index in [1.54, 1.807) is 19.2 Å². The summed E-state index contributed by atoms with van der Waals surface area (Å²) in [5, 5.41) is 13.8. The number of ether oxygens (including phenoxy) is 1. The molecule has 0 saturated heterocycles. The first-order valence-electron chi connectivity index (χ1n) is 7.09. The summed E-state index contributed by atoms with van der Waals surface area (Å²) in [6.07, 6.45) is 0.315. The molecule has 6 heteroatoms. The van der Waals surface area contributed by atoms with Gasteiger partial charge in [0, 0.05) is 13.7 Å². The van der Waals surface area contributed by atoms with E-state index in [-0.39, 0.29) is 5.91 Å². The monoisotopic (exact) mass is 300 g/mol. The lowest BCUT2D eigenvalue weighted by atomic mass is 10.1. The second-order valence-electron chi connectivity index (χ2n) is 4.93. The van der Waals surface area contributed by atoms with E-state index in [1.807, 2.05) is 31.2 Å². The first-order chi connectivity index (χ1) is 10.7. The smallest absolute Gasteiger partial charge is 0.229 e. The number of rotatable bonds is 7. The van der Waals surface area contributed by atoms with Gasteiger partial charge in [0.1, 0.15) is 5.82 Å². The Bertz CT molecular complexity index is 597. The number of hydrogen-bond donors (Lipinski definition) is 2. The lowest BCUT2D eigenvalue weighted by Gasteiger charge is -2.06. The molecule has 2 aromatic rings. The van der Waals surface area contributed by atoms with Gasteiger partial charge in [0.05, 0.1) is 13.0 Å². The molecule has 0 aliphatic rings. The van der Waals surface area contributed by atoms with Crippen molar-refractivity contribution in [1.82, 2.24) is 10.2 Å². The molecule has 2 N–H and O–H groups in total. The molecule has 6 nitrogen and oxygen atoms in total. The van der Waals surface area contributed by atoms with Crippen molar-refractivity contribution in [1.29, 1.82) is 0 Å². The molecule has 0 aliphatic heterocycles. The Morgan fingerprint density at radius 2 is 1.77 bits per heavy atom. The maximum atomic E-state index is 12.0. The van der Waals surface area contributed by atoms with Gasteiger partial charge in [-0.3, -0.25) is 4.79 Å². The van der Waals surface area contributed by atoms with E-state index in [2.05, 4.69) is 20.8 Å². The predicted octanol–water partition coefficient (Wildman–Crippen LogP) is 2.02. The van der Waals surface area contributed by atoms with Gasteiger partial charge in [-0.15, -0.1) is 10.2 Å². The van der Waals surface area contributed by atoms with Crippen molar-refractivity contribution in [2.75, 3.05) is 30.9 Å². The molecule has 0 fully saturated rings. The standard InChI is InChI=1S/C16H20N4O2/c1-12-3-5-13(6-4-12)11-16(21)18-15-8-7-14(19-20-15)17-9-10-22-2/h3-8H,9-11H2,1-2H3,(H,17,19)(H,18,20,21). The SMILES string of the molecule is COCCNc1ccc(NC(=O)Cc2ccc(C)cc2)nn1. The molecule has 1 aromatic heterocycles. The van der Waals surface area contributed by atoms with Crippen LogP contribution in [-0.2, 0) is 16.0 Å². The van der Waals surface area contributed by atoms with Gasteiger partial charge in [-0.2, -0.15) is 0 Å². The molecule has 2 rings (SSSR count). The normalized spacial score (nSPS) is 10.3. The average molecular weight is 300 g/mol. The minimum absolute atomic E-state index is 0.113. The lowest BCUT2D eigenvalue weighted by Crippen LogP contribution is -2.16. The third kappa shape index (κ3) is 5.14. The molecule has 0 aliphatic carbocycles. The van der Waals surface area contributed by atoms with Gasteiger partial charge in [-0.1, -0.05) is 29.8 Å². The average Bonchev–Trinajstić information content (AvgIpc) is 2.51. The third-order valence-electron chi connectivity index (χ3n) is 3.03. The predicted molar refractivity (Wildman–Crippen MR) is 85.9 cm³/mol. The van der Waals surface area contributed by atoms with Gasteiger partial charge in [0.2, 0.25) is 5.91 Å². The number of nitrogens with zero attached hydrogens (tertiary/aromatic N) is 2. The van der Waals surface area contributed by atoms with E-state index in [1.165, 1.54) is 5.56 Å². The number of nitrogens with one attached hydrogen (secondary N) is 2. The summed E-state index contributed by atoms with van der Waals surface area (Å²) in [7, 11) is 1.64. The fourth-order valence-corrected chi connectivity index (χ4v) is 1.85. The summed E-state index contributed by atoms with van der Waals surface area (Å²) < 4.78 is 4.94. The number of anilines is 2. The molecule has 1 aromatic carbocycles. The van der Waals surface area contributed by atoms with Crippen LogP contribution in [0, 0.1) is 6.92 Å². The maximum absolute atomic E-state index is 12.0. The largest absolute Gasteiger partial charge is 0.383 e. The summed E-state index contributed by atoms with van der Waals surface area (Å²) in [5.74, 6) is 0.973. The highest BCUT2D eigenvalue weighted by Gasteiger charge is 2.05. The van der Waals surface area contributed by atoms with Crippen molar-refractivity contribution in [3.8, 4) is 0 Å². The molecule has 0 unspecified atom stereocenters. The Kier molecular flexibility index (Phi) is 5.85. The fraction of sp³-hybridized carbons (Fsp3) is 0.312. The highest BCUT2D eigenvalue weighted by Crippen LogP contribution is 2.08. The zero-order chi connectivity index (χ0) is 15.8. The van der Waals surface area contributed by atoms with Crippen molar-refractivity contribution in [3.05, 3.63) is 47.5 Å². The van der Waals surface area contributed by atoms with Crippen LogP contribution in [0.15, 0.2) is 36.4 Å². The number of carbonyl (C=O) groups is 1. The van der Waals surface area contributed by atoms with Crippen LogP contribution < -0.4 is 10.6 Å². The highest BCUT2D eigenvalue weighted by atomic mass is 16.5. The summed E-state index contributed by atoms with van der Waals surface area (Å²) in [5.41, 5.74) is 2.14. The Labute approximate surface area is 129 Å². The minimum Gasteiger partial charge on any atom is -0.383 e. The number of carbonyl (C=O) groups excluding carboxylic acids is 1. The van der Waals surface area contributed by atoms with Crippen LogP contribution in [0.1, 0.15) is 11.1 Å². The number of aromatic nitrogens is 2. The number of aryl methyl sites for hydroxylation is 1. The first kappa shape index (κ1) is 15.9. The third-order valence-corrected chi connectivity index (χ3v) is 3.03. The van der Waals surface area contributed by atoms with Crippen LogP contribution in [0.25, 0.3) is 0 Å². The number of amides is 1. The van der Waals surface area contributed by atoms with Crippen LogP contribution in [0.2, 0.25) is 0 Å². The van der Waals surface area contributed by atoms with E-state index < -0.39 is 0 Å². The molecular weight excluding hydrogens is 280 g/mol. The topological polar surface area (TPSA) is 76.1 Å². The van der Waals surface area contributed by atoms with Gasteiger partial charge >= 0.3 is 0 Å². The number of benzene rings is 1. The van der Waals surface area contributed by atoms with Gasteiger partial charge in [-0.05, 0) is 24.6 Å². The Morgan fingerprint density at radius 1 is 1.09 bits per heavy atom. The van der Waals surface area contributed by atoms with E-state index in [0.717, 1.165) is 5.56 Å². The van der Waals surface area contributed by atoms with Gasteiger partial charge < -0.3 is 15.4 Å². The van der Waals surface area contributed by atoms with Gasteiger partial charge in [-0.25, -0.2) is 0 Å². The lowest BCUT2D eigenvalue weighted by molar-refractivity contribution is -0.115. The highest BCUT2D eigenvalue weighted by molar-refractivity contribution is 5.91. The van der Waals surface area contributed by atoms with Crippen molar-refractivity contribution in [2.24, 2.45) is 0 Å². The molecule has 1 heterocycles. The number of methoxy groups -OCH3 is 1. The van der Waals surface area contributed by atoms with Gasteiger partial charge in [0.15, 0.2) is 5.82 Å². The minimum atomic E-state index is -0.113. The zero-order valence-corrected chi connectivity index (χ0v) is 12.8. The maximum Gasteiger partial charge on any atom is 0.229 e. The van der Waals surface area contributed by atoms with E-state index in [9.17, 15) is 4.79 Å². The summed E-state index contributed by atoms with van der Waals surface area (Å²) in [4.78, 5) is 12.0. The van der Waals surface area contributed by atoms with Crippen molar-refractivity contribution in [3.63, 3.8) is 0 Å². The molecule has 0 spiro atoms. The van der Waals surface area contributed by atoms with Gasteiger partial charge in [0.25, 0.3) is 0 Å². The fourth-order valence-electron chi connectivity index (χ4n) is 1.85. The number of hydrogen-bond acceptors (Lipinski definition) is 5. The molecule has 22 heavy (non-hydrogen) atoms. The molecule has 0 bridgehead atoms. The van der Waals surface area contributed by atoms with Crippen molar-refractivity contribution in [2.45, 2.75) is 13.3 Å². The first-order valence-corrected chi connectivity index (χ1v) is 7.09. The van der Waals surface area contributed by atoms with E-state index >= 15 is 0 Å². The summed E-state index contributed by atoms with van der Waals surface area (Å²) >= 11 is 0. The summed E-state index contributed by atoms with van der Waals surface area (Å²) in [6, 6.07) is 11.4. The second kappa shape index (κ2) is 8.09. The summed E-state index contributed by atoms with van der Waals surface area (Å²) in [6.45, 7) is 3.27. The van der Waals surface area contributed by atoms with E-state index in [4.69, 9.17) is 4.74 Å². The molecule has 116 valence electrons. The second-order valence-corrected chi connectivity index (χ2v) is 4.93. The Hall–Kier alpha value is -2.47. The van der Waals surface area contributed by atoms with Crippen LogP contribution in [0.4, 0.5) is 11.6 Å².